The zero-order chi connectivity index (χ0) is 17.6. The molecule has 0 bridgehead atoms. The molecule has 0 fully saturated rings. The number of aromatic nitrogens is 1. The number of rotatable bonds is 5. The van der Waals surface area contributed by atoms with Gasteiger partial charge in [0.2, 0.25) is 5.88 Å². The van der Waals surface area contributed by atoms with Crippen molar-refractivity contribution in [2.45, 2.75) is 13.3 Å². The normalized spacial score (nSPS) is 11.2. The topological polar surface area (TPSA) is 57.9 Å². The predicted octanol–water partition coefficient (Wildman–Crippen LogP) is 4.61. The Kier molecular flexibility index (Phi) is 4.96. The average Bonchev–Trinajstić information content (AvgIpc) is 2.65. The summed E-state index contributed by atoms with van der Waals surface area (Å²) >= 11 is 0. The number of aryl methyl sites for hydroxylation is 1. The van der Waals surface area contributed by atoms with E-state index in [1.54, 1.807) is 13.3 Å². The van der Waals surface area contributed by atoms with E-state index >= 15 is 0 Å². The van der Waals surface area contributed by atoms with Gasteiger partial charge >= 0.3 is 0 Å². The highest BCUT2D eigenvalue weighted by Crippen LogP contribution is 2.23. The number of hydrogen-bond donors (Lipinski definition) is 1. The van der Waals surface area contributed by atoms with Crippen LogP contribution in [-0.2, 0) is 6.42 Å². The molecular weight excluding hydrogens is 310 g/mol. The highest BCUT2D eigenvalue weighted by atomic mass is 16.5. The fraction of sp³-hybridized carbons (Fsp3) is 0.143. The molecule has 4 nitrogen and oxygen atoms in total. The van der Waals surface area contributed by atoms with Crippen molar-refractivity contribution in [1.82, 2.24) is 4.98 Å². The molecule has 0 saturated heterocycles. The molecule has 4 heteroatoms. The van der Waals surface area contributed by atoms with E-state index < -0.39 is 0 Å². The number of fused-ring (bicyclic) bond motifs is 1. The lowest BCUT2D eigenvalue weighted by Gasteiger charge is -2.08. The average molecular weight is 329 g/mol. The number of nitriles is 1. The van der Waals surface area contributed by atoms with Crippen molar-refractivity contribution in [1.29, 1.82) is 5.26 Å². The van der Waals surface area contributed by atoms with Gasteiger partial charge in [0.1, 0.15) is 0 Å². The zero-order valence-electron chi connectivity index (χ0n) is 14.3. The molecule has 2 aromatic carbocycles. The molecule has 0 aliphatic rings. The van der Waals surface area contributed by atoms with Crippen LogP contribution in [0.4, 0.5) is 5.69 Å². The third-order valence-corrected chi connectivity index (χ3v) is 3.99. The maximum Gasteiger partial charge on any atom is 0.213 e. The molecule has 0 spiro atoms. The van der Waals surface area contributed by atoms with Crippen LogP contribution < -0.4 is 10.1 Å². The minimum atomic E-state index is 0.546. The SMILES string of the molecule is COc1cc(C)c2ccc(CC(C#N)=CNc3ccccc3)cc2n1. The molecule has 1 heterocycles. The zero-order valence-corrected chi connectivity index (χ0v) is 14.3. The van der Waals surface area contributed by atoms with Crippen LogP contribution in [0, 0.1) is 18.3 Å². The summed E-state index contributed by atoms with van der Waals surface area (Å²) in [4.78, 5) is 4.50. The minimum absolute atomic E-state index is 0.546. The van der Waals surface area contributed by atoms with E-state index in [9.17, 15) is 5.26 Å². The summed E-state index contributed by atoms with van der Waals surface area (Å²) < 4.78 is 5.25. The Labute approximate surface area is 147 Å². The largest absolute Gasteiger partial charge is 0.481 e. The molecular formula is C21H19N3O. The van der Waals surface area contributed by atoms with Crippen molar-refractivity contribution in [3.05, 3.63) is 77.5 Å². The first kappa shape index (κ1) is 16.5. The third kappa shape index (κ3) is 3.96. The Morgan fingerprint density at radius 2 is 2.00 bits per heavy atom. The summed E-state index contributed by atoms with van der Waals surface area (Å²) in [5, 5.41) is 13.7. The van der Waals surface area contributed by atoms with E-state index in [-0.39, 0.29) is 0 Å². The molecule has 0 amide bonds. The fourth-order valence-corrected chi connectivity index (χ4v) is 2.68. The van der Waals surface area contributed by atoms with Gasteiger partial charge in [-0.15, -0.1) is 0 Å². The first-order chi connectivity index (χ1) is 12.2. The standard InChI is InChI=1S/C21H19N3O/c1-15-10-21(25-2)24-20-12-16(8-9-19(15)20)11-17(13-22)14-23-18-6-4-3-5-7-18/h3-10,12,14,23H,11H2,1-2H3. The maximum absolute atomic E-state index is 9.41. The van der Waals surface area contributed by atoms with Gasteiger partial charge in [-0.25, -0.2) is 4.98 Å². The van der Waals surface area contributed by atoms with Gasteiger partial charge in [-0.1, -0.05) is 30.3 Å². The molecule has 124 valence electrons. The summed E-state index contributed by atoms with van der Waals surface area (Å²) in [5.74, 6) is 0.601. The Balaban J connectivity index is 1.84. The van der Waals surface area contributed by atoms with E-state index in [1.165, 1.54) is 0 Å². The van der Waals surface area contributed by atoms with Crippen LogP contribution in [0.15, 0.2) is 66.4 Å². The first-order valence-electron chi connectivity index (χ1n) is 8.04. The van der Waals surface area contributed by atoms with Gasteiger partial charge in [0.15, 0.2) is 0 Å². The van der Waals surface area contributed by atoms with E-state index in [0.717, 1.165) is 27.7 Å². The van der Waals surface area contributed by atoms with E-state index in [1.807, 2.05) is 61.5 Å². The van der Waals surface area contributed by atoms with Crippen molar-refractivity contribution in [3.8, 4) is 11.9 Å². The molecule has 0 radical (unpaired) electrons. The highest BCUT2D eigenvalue weighted by Gasteiger charge is 2.06. The summed E-state index contributed by atoms with van der Waals surface area (Å²) in [6.07, 6.45) is 2.30. The second kappa shape index (κ2) is 7.50. The summed E-state index contributed by atoms with van der Waals surface area (Å²) in [6.45, 7) is 2.04. The number of pyridine rings is 1. The molecule has 0 saturated carbocycles. The van der Waals surface area contributed by atoms with Gasteiger partial charge in [-0.2, -0.15) is 5.26 Å². The minimum Gasteiger partial charge on any atom is -0.481 e. The summed E-state index contributed by atoms with van der Waals surface area (Å²) in [6, 6.07) is 20.1. The molecule has 1 aromatic heterocycles. The summed E-state index contributed by atoms with van der Waals surface area (Å²) in [5.41, 5.74) is 4.65. The van der Waals surface area contributed by atoms with Crippen molar-refractivity contribution in [2.75, 3.05) is 12.4 Å². The highest BCUT2D eigenvalue weighted by molar-refractivity contribution is 5.83. The Morgan fingerprint density at radius 1 is 1.20 bits per heavy atom. The molecule has 25 heavy (non-hydrogen) atoms. The molecule has 1 N–H and O–H groups in total. The molecule has 0 aliphatic heterocycles. The van der Waals surface area contributed by atoms with E-state index in [4.69, 9.17) is 4.74 Å². The number of hydrogen-bond acceptors (Lipinski definition) is 4. The quantitative estimate of drug-likeness (QED) is 0.694. The van der Waals surface area contributed by atoms with Crippen LogP contribution in [0.3, 0.4) is 0 Å². The number of ether oxygens (including phenoxy) is 1. The Hall–Kier alpha value is -3.32. The van der Waals surface area contributed by atoms with Crippen molar-refractivity contribution in [2.24, 2.45) is 0 Å². The Morgan fingerprint density at radius 3 is 2.72 bits per heavy atom. The van der Waals surface area contributed by atoms with Crippen LogP contribution in [0.2, 0.25) is 0 Å². The smallest absolute Gasteiger partial charge is 0.213 e. The number of nitrogens with zero attached hydrogens (tertiary/aromatic N) is 2. The van der Waals surface area contributed by atoms with Gasteiger partial charge in [-0.05, 0) is 36.2 Å². The monoisotopic (exact) mass is 329 g/mol. The Bertz CT molecular complexity index is 956. The van der Waals surface area contributed by atoms with Crippen molar-refractivity contribution < 1.29 is 4.74 Å². The van der Waals surface area contributed by atoms with Crippen molar-refractivity contribution >= 4 is 16.6 Å². The van der Waals surface area contributed by atoms with Crippen LogP contribution >= 0.6 is 0 Å². The fourth-order valence-electron chi connectivity index (χ4n) is 2.68. The number of benzene rings is 2. The first-order valence-corrected chi connectivity index (χ1v) is 8.04. The van der Waals surface area contributed by atoms with Crippen molar-refractivity contribution in [3.63, 3.8) is 0 Å². The molecule has 3 rings (SSSR count). The lowest BCUT2D eigenvalue weighted by molar-refractivity contribution is 0.399. The molecule has 0 atom stereocenters. The van der Waals surface area contributed by atoms with Crippen LogP contribution in [0.1, 0.15) is 11.1 Å². The number of nitrogens with one attached hydrogen (secondary N) is 1. The van der Waals surface area contributed by atoms with Gasteiger partial charge in [0.05, 0.1) is 18.7 Å². The number of para-hydroxylation sites is 1. The van der Waals surface area contributed by atoms with E-state index in [2.05, 4.69) is 16.4 Å². The lowest BCUT2D eigenvalue weighted by atomic mass is 10.0. The van der Waals surface area contributed by atoms with E-state index in [0.29, 0.717) is 17.9 Å². The molecule has 0 unspecified atom stereocenters. The second-order valence-corrected chi connectivity index (χ2v) is 5.80. The van der Waals surface area contributed by atoms with Crippen LogP contribution in [0.25, 0.3) is 10.9 Å². The van der Waals surface area contributed by atoms with Crippen LogP contribution in [0.5, 0.6) is 5.88 Å². The van der Waals surface area contributed by atoms with Crippen LogP contribution in [-0.4, -0.2) is 12.1 Å². The summed E-state index contributed by atoms with van der Waals surface area (Å²) in [7, 11) is 1.61. The second-order valence-electron chi connectivity index (χ2n) is 5.80. The number of anilines is 1. The van der Waals surface area contributed by atoms with Gasteiger partial charge in [0.25, 0.3) is 0 Å². The lowest BCUT2D eigenvalue weighted by Crippen LogP contribution is -1.96. The van der Waals surface area contributed by atoms with Gasteiger partial charge < -0.3 is 10.1 Å². The number of methoxy groups -OCH3 is 1. The number of allylic oxidation sites excluding steroid dienone is 1. The molecule has 3 aromatic rings. The predicted molar refractivity (Wildman–Crippen MR) is 100 cm³/mol. The van der Waals surface area contributed by atoms with Gasteiger partial charge in [0, 0.05) is 35.3 Å². The molecule has 0 aliphatic carbocycles. The maximum atomic E-state index is 9.41. The third-order valence-electron chi connectivity index (χ3n) is 3.99. The van der Waals surface area contributed by atoms with Gasteiger partial charge in [-0.3, -0.25) is 0 Å².